The molecule has 0 fully saturated rings. The summed E-state index contributed by atoms with van der Waals surface area (Å²) in [6, 6.07) is 12.5. The summed E-state index contributed by atoms with van der Waals surface area (Å²) < 4.78 is 0. The number of aromatic nitrogens is 1. The molecule has 2 nitrogen and oxygen atoms in total. The Bertz CT molecular complexity index is 478. The van der Waals surface area contributed by atoms with Crippen LogP contribution in [-0.4, -0.2) is 11.5 Å². The fourth-order valence-electron chi connectivity index (χ4n) is 1.88. The zero-order chi connectivity index (χ0) is 12.1. The van der Waals surface area contributed by atoms with Gasteiger partial charge in [0.05, 0.1) is 0 Å². The van der Waals surface area contributed by atoms with E-state index in [1.54, 1.807) is 0 Å². The van der Waals surface area contributed by atoms with Crippen molar-refractivity contribution in [3.63, 3.8) is 0 Å². The standard InChI is InChI=1S/C15H18N2/c1-12-6-7-15(13(2)11-12)17-10-8-14-5-3-4-9-16-14/h3-7,9,11,17H,8,10H2,1-2H3. The van der Waals surface area contributed by atoms with E-state index in [0.29, 0.717) is 0 Å². The van der Waals surface area contributed by atoms with Crippen LogP contribution in [0.3, 0.4) is 0 Å². The summed E-state index contributed by atoms with van der Waals surface area (Å²) in [5.41, 5.74) is 4.94. The lowest BCUT2D eigenvalue weighted by Gasteiger charge is -2.09. The van der Waals surface area contributed by atoms with Crippen LogP contribution in [-0.2, 0) is 6.42 Å². The first-order chi connectivity index (χ1) is 8.25. The molecule has 0 saturated heterocycles. The van der Waals surface area contributed by atoms with Crippen LogP contribution in [0.1, 0.15) is 16.8 Å². The number of pyridine rings is 1. The fourth-order valence-corrected chi connectivity index (χ4v) is 1.88. The number of anilines is 1. The third-order valence-electron chi connectivity index (χ3n) is 2.80. The van der Waals surface area contributed by atoms with E-state index >= 15 is 0 Å². The van der Waals surface area contributed by atoms with Crippen LogP contribution in [0.5, 0.6) is 0 Å². The van der Waals surface area contributed by atoms with E-state index in [1.165, 1.54) is 16.8 Å². The minimum absolute atomic E-state index is 0.918. The molecule has 17 heavy (non-hydrogen) atoms. The quantitative estimate of drug-likeness (QED) is 0.864. The van der Waals surface area contributed by atoms with Gasteiger partial charge < -0.3 is 5.32 Å². The van der Waals surface area contributed by atoms with Crippen LogP contribution in [0.4, 0.5) is 5.69 Å². The molecule has 0 spiro atoms. The Morgan fingerprint density at radius 2 is 2.00 bits per heavy atom. The van der Waals surface area contributed by atoms with Gasteiger partial charge in [0.2, 0.25) is 0 Å². The highest BCUT2D eigenvalue weighted by molar-refractivity contribution is 5.51. The molecule has 88 valence electrons. The van der Waals surface area contributed by atoms with Crippen molar-refractivity contribution in [2.45, 2.75) is 20.3 Å². The van der Waals surface area contributed by atoms with E-state index < -0.39 is 0 Å². The SMILES string of the molecule is Cc1ccc(NCCc2ccccn2)c(C)c1. The number of benzene rings is 1. The van der Waals surface area contributed by atoms with Crippen LogP contribution in [0.25, 0.3) is 0 Å². The fraction of sp³-hybridized carbons (Fsp3) is 0.267. The van der Waals surface area contributed by atoms with Crippen LogP contribution in [0.2, 0.25) is 0 Å². The number of hydrogen-bond donors (Lipinski definition) is 1. The van der Waals surface area contributed by atoms with Gasteiger partial charge in [-0.3, -0.25) is 4.98 Å². The van der Waals surface area contributed by atoms with Crippen molar-refractivity contribution in [1.82, 2.24) is 4.98 Å². The first-order valence-electron chi connectivity index (χ1n) is 5.97. The molecular formula is C15H18N2. The van der Waals surface area contributed by atoms with Crippen molar-refractivity contribution in [2.24, 2.45) is 0 Å². The highest BCUT2D eigenvalue weighted by Gasteiger charge is 1.98. The number of nitrogens with zero attached hydrogens (tertiary/aromatic N) is 1. The number of hydrogen-bond acceptors (Lipinski definition) is 2. The largest absolute Gasteiger partial charge is 0.384 e. The van der Waals surface area contributed by atoms with Crippen LogP contribution >= 0.6 is 0 Å². The lowest BCUT2D eigenvalue weighted by Crippen LogP contribution is -2.06. The Morgan fingerprint density at radius 3 is 2.71 bits per heavy atom. The third kappa shape index (κ3) is 3.31. The molecular weight excluding hydrogens is 208 g/mol. The van der Waals surface area contributed by atoms with Gasteiger partial charge in [-0.05, 0) is 37.6 Å². The monoisotopic (exact) mass is 226 g/mol. The number of rotatable bonds is 4. The van der Waals surface area contributed by atoms with Gasteiger partial charge in [0.15, 0.2) is 0 Å². The summed E-state index contributed by atoms with van der Waals surface area (Å²) in [5.74, 6) is 0. The molecule has 0 saturated carbocycles. The third-order valence-corrected chi connectivity index (χ3v) is 2.80. The summed E-state index contributed by atoms with van der Waals surface area (Å²) in [6.45, 7) is 5.17. The molecule has 0 unspecified atom stereocenters. The smallest absolute Gasteiger partial charge is 0.0421 e. The average molecular weight is 226 g/mol. The van der Waals surface area contributed by atoms with Crippen molar-refractivity contribution in [2.75, 3.05) is 11.9 Å². The maximum atomic E-state index is 4.31. The van der Waals surface area contributed by atoms with Gasteiger partial charge in [-0.2, -0.15) is 0 Å². The van der Waals surface area contributed by atoms with Crippen LogP contribution < -0.4 is 5.32 Å². The molecule has 1 heterocycles. The van der Waals surface area contributed by atoms with Crippen LogP contribution in [0, 0.1) is 13.8 Å². The molecule has 0 amide bonds. The Hall–Kier alpha value is -1.83. The second-order valence-electron chi connectivity index (χ2n) is 4.32. The Kier molecular flexibility index (Phi) is 3.76. The van der Waals surface area contributed by atoms with E-state index in [2.05, 4.69) is 48.4 Å². The van der Waals surface area contributed by atoms with Gasteiger partial charge in [-0.25, -0.2) is 0 Å². The van der Waals surface area contributed by atoms with Gasteiger partial charge in [0.25, 0.3) is 0 Å². The first kappa shape index (κ1) is 11.6. The molecule has 1 N–H and O–H groups in total. The van der Waals surface area contributed by atoms with Gasteiger partial charge in [0, 0.05) is 30.5 Å². The summed E-state index contributed by atoms with van der Waals surface area (Å²) in [4.78, 5) is 4.31. The summed E-state index contributed by atoms with van der Waals surface area (Å²) in [7, 11) is 0. The van der Waals surface area contributed by atoms with Gasteiger partial charge in [0.1, 0.15) is 0 Å². The molecule has 1 aromatic carbocycles. The average Bonchev–Trinajstić information content (AvgIpc) is 2.33. The highest BCUT2D eigenvalue weighted by atomic mass is 14.9. The zero-order valence-electron chi connectivity index (χ0n) is 10.4. The van der Waals surface area contributed by atoms with Crippen LogP contribution in [0.15, 0.2) is 42.6 Å². The predicted molar refractivity (Wildman–Crippen MR) is 72.3 cm³/mol. The molecule has 0 aliphatic carbocycles. The predicted octanol–water partition coefficient (Wildman–Crippen LogP) is 3.35. The lowest BCUT2D eigenvalue weighted by atomic mass is 10.1. The molecule has 0 bridgehead atoms. The molecule has 0 aliphatic rings. The molecule has 2 aromatic rings. The second-order valence-corrected chi connectivity index (χ2v) is 4.32. The summed E-state index contributed by atoms with van der Waals surface area (Å²) in [6.07, 6.45) is 2.79. The van der Waals surface area contributed by atoms with E-state index in [4.69, 9.17) is 0 Å². The van der Waals surface area contributed by atoms with Crippen molar-refractivity contribution in [3.8, 4) is 0 Å². The van der Waals surface area contributed by atoms with Gasteiger partial charge >= 0.3 is 0 Å². The topological polar surface area (TPSA) is 24.9 Å². The Balaban J connectivity index is 1.90. The molecule has 2 heteroatoms. The highest BCUT2D eigenvalue weighted by Crippen LogP contribution is 2.15. The maximum Gasteiger partial charge on any atom is 0.0421 e. The normalized spacial score (nSPS) is 10.2. The van der Waals surface area contributed by atoms with Gasteiger partial charge in [-0.1, -0.05) is 23.8 Å². The lowest BCUT2D eigenvalue weighted by molar-refractivity contribution is 0.959. The van der Waals surface area contributed by atoms with E-state index in [-0.39, 0.29) is 0 Å². The molecule has 0 radical (unpaired) electrons. The Morgan fingerprint density at radius 1 is 1.12 bits per heavy atom. The first-order valence-corrected chi connectivity index (χ1v) is 5.97. The van der Waals surface area contributed by atoms with Crippen molar-refractivity contribution >= 4 is 5.69 Å². The molecule has 0 atom stereocenters. The minimum atomic E-state index is 0.918. The van der Waals surface area contributed by atoms with Crippen molar-refractivity contribution in [1.29, 1.82) is 0 Å². The Labute approximate surface area is 103 Å². The van der Waals surface area contributed by atoms with Gasteiger partial charge in [-0.15, -0.1) is 0 Å². The molecule has 1 aromatic heterocycles. The molecule has 0 aliphatic heterocycles. The van der Waals surface area contributed by atoms with E-state index in [0.717, 1.165) is 18.7 Å². The zero-order valence-corrected chi connectivity index (χ0v) is 10.4. The maximum absolute atomic E-state index is 4.31. The minimum Gasteiger partial charge on any atom is -0.384 e. The van der Waals surface area contributed by atoms with Crippen molar-refractivity contribution in [3.05, 3.63) is 59.4 Å². The summed E-state index contributed by atoms with van der Waals surface area (Å²) >= 11 is 0. The summed E-state index contributed by atoms with van der Waals surface area (Å²) in [5, 5.41) is 3.45. The number of nitrogens with one attached hydrogen (secondary N) is 1. The molecule has 2 rings (SSSR count). The van der Waals surface area contributed by atoms with Crippen molar-refractivity contribution < 1.29 is 0 Å². The van der Waals surface area contributed by atoms with E-state index in [1.807, 2.05) is 18.3 Å². The number of aryl methyl sites for hydroxylation is 2. The second kappa shape index (κ2) is 5.48. The van der Waals surface area contributed by atoms with E-state index in [9.17, 15) is 0 Å².